The molecular formula is C12H11Cl2N3O. The molecule has 0 N–H and O–H groups in total. The molecule has 18 heavy (non-hydrogen) atoms. The van der Waals surface area contributed by atoms with Crippen molar-refractivity contribution < 1.29 is 0 Å². The van der Waals surface area contributed by atoms with Gasteiger partial charge in [-0.05, 0) is 26.0 Å². The fourth-order valence-corrected chi connectivity index (χ4v) is 2.00. The lowest BCUT2D eigenvalue weighted by Crippen LogP contribution is -2.24. The third-order valence-electron chi connectivity index (χ3n) is 2.52. The molecule has 0 aliphatic heterocycles. The summed E-state index contributed by atoms with van der Waals surface area (Å²) < 4.78 is 1.51. The van der Waals surface area contributed by atoms with Crippen LogP contribution in [0.5, 0.6) is 0 Å². The molecule has 2 heterocycles. The van der Waals surface area contributed by atoms with Crippen molar-refractivity contribution in [3.63, 3.8) is 0 Å². The molecule has 2 aromatic rings. The lowest BCUT2D eigenvalue weighted by Gasteiger charge is -2.10. The first-order valence-corrected chi connectivity index (χ1v) is 6.09. The molecule has 4 nitrogen and oxygen atoms in total. The Labute approximate surface area is 114 Å². The van der Waals surface area contributed by atoms with Gasteiger partial charge in [0.15, 0.2) is 0 Å². The second-order valence-corrected chi connectivity index (χ2v) is 4.73. The lowest BCUT2D eigenvalue weighted by atomic mass is 10.3. The van der Waals surface area contributed by atoms with Crippen molar-refractivity contribution in [1.29, 1.82) is 0 Å². The molecule has 0 aromatic carbocycles. The minimum absolute atomic E-state index is 0.127. The van der Waals surface area contributed by atoms with Crippen LogP contribution >= 0.6 is 23.2 Å². The van der Waals surface area contributed by atoms with Crippen molar-refractivity contribution in [1.82, 2.24) is 14.5 Å². The summed E-state index contributed by atoms with van der Waals surface area (Å²) in [7, 11) is 0. The van der Waals surface area contributed by atoms with Crippen LogP contribution in [-0.4, -0.2) is 14.5 Å². The van der Waals surface area contributed by atoms with E-state index in [1.807, 2.05) is 0 Å². The monoisotopic (exact) mass is 283 g/mol. The molecule has 0 aliphatic rings. The van der Waals surface area contributed by atoms with Crippen LogP contribution in [0.15, 0.2) is 23.0 Å². The van der Waals surface area contributed by atoms with Crippen molar-refractivity contribution >= 4 is 23.2 Å². The molecule has 0 fully saturated rings. The first-order chi connectivity index (χ1) is 8.47. The molecule has 0 spiro atoms. The summed E-state index contributed by atoms with van der Waals surface area (Å²) in [5.74, 6) is 0.623. The van der Waals surface area contributed by atoms with Gasteiger partial charge in [-0.25, -0.2) is 9.97 Å². The zero-order chi connectivity index (χ0) is 13.3. The van der Waals surface area contributed by atoms with E-state index in [0.29, 0.717) is 27.4 Å². The molecule has 0 bridgehead atoms. The van der Waals surface area contributed by atoms with Crippen LogP contribution in [0, 0.1) is 13.8 Å². The minimum atomic E-state index is -0.127. The highest BCUT2D eigenvalue weighted by Crippen LogP contribution is 2.17. The molecule has 0 saturated carbocycles. The van der Waals surface area contributed by atoms with Crippen molar-refractivity contribution in [3.05, 3.63) is 55.9 Å². The van der Waals surface area contributed by atoms with Crippen LogP contribution in [-0.2, 0) is 6.54 Å². The highest BCUT2D eigenvalue weighted by atomic mass is 35.5. The fourth-order valence-electron chi connectivity index (χ4n) is 1.67. The Morgan fingerprint density at radius 2 is 1.94 bits per heavy atom. The third kappa shape index (κ3) is 2.71. The molecular weight excluding hydrogens is 273 g/mol. The Balaban J connectivity index is 2.46. The quantitative estimate of drug-likeness (QED) is 0.796. The Hall–Kier alpha value is -1.39. The minimum Gasteiger partial charge on any atom is -0.291 e. The van der Waals surface area contributed by atoms with Crippen LogP contribution in [0.2, 0.25) is 10.2 Å². The summed E-state index contributed by atoms with van der Waals surface area (Å²) in [5, 5.41) is 0.825. The van der Waals surface area contributed by atoms with E-state index in [1.54, 1.807) is 26.0 Å². The Kier molecular flexibility index (Phi) is 3.68. The molecule has 0 saturated heterocycles. The van der Waals surface area contributed by atoms with E-state index in [1.165, 1.54) is 10.6 Å². The summed E-state index contributed by atoms with van der Waals surface area (Å²) in [6.07, 6.45) is 0. The Morgan fingerprint density at radius 3 is 2.61 bits per heavy atom. The summed E-state index contributed by atoms with van der Waals surface area (Å²) in [5.41, 5.74) is 1.12. The molecule has 2 aromatic heterocycles. The molecule has 94 valence electrons. The molecule has 6 heteroatoms. The van der Waals surface area contributed by atoms with Gasteiger partial charge in [0.25, 0.3) is 5.56 Å². The standard InChI is InChI=1S/C12H11Cl2N3O/c1-7-5-12(18)17(8(2)15-7)6-10-9(13)3-4-11(14)16-10/h3-5H,6H2,1-2H3. The number of hydrogen-bond acceptors (Lipinski definition) is 3. The van der Waals surface area contributed by atoms with Gasteiger partial charge in [0, 0.05) is 11.8 Å². The van der Waals surface area contributed by atoms with Crippen molar-refractivity contribution in [2.45, 2.75) is 20.4 Å². The van der Waals surface area contributed by atoms with Crippen LogP contribution in [0.4, 0.5) is 0 Å². The van der Waals surface area contributed by atoms with Crippen LogP contribution in [0.3, 0.4) is 0 Å². The SMILES string of the molecule is Cc1cc(=O)n(Cc2nc(Cl)ccc2Cl)c(C)n1. The number of aryl methyl sites for hydroxylation is 2. The van der Waals surface area contributed by atoms with Gasteiger partial charge >= 0.3 is 0 Å². The van der Waals surface area contributed by atoms with E-state index in [0.717, 1.165) is 0 Å². The van der Waals surface area contributed by atoms with Crippen LogP contribution < -0.4 is 5.56 Å². The zero-order valence-corrected chi connectivity index (χ0v) is 11.5. The fraction of sp³-hybridized carbons (Fsp3) is 0.250. The predicted octanol–water partition coefficient (Wildman–Crippen LogP) is 2.61. The highest BCUT2D eigenvalue weighted by Gasteiger charge is 2.08. The molecule has 2 rings (SSSR count). The smallest absolute Gasteiger partial charge is 0.254 e. The highest BCUT2D eigenvalue weighted by molar-refractivity contribution is 6.32. The van der Waals surface area contributed by atoms with Gasteiger partial charge < -0.3 is 0 Å². The van der Waals surface area contributed by atoms with Crippen LogP contribution in [0.1, 0.15) is 17.2 Å². The van der Waals surface area contributed by atoms with Crippen molar-refractivity contribution in [2.24, 2.45) is 0 Å². The lowest BCUT2D eigenvalue weighted by molar-refractivity contribution is 0.681. The Morgan fingerprint density at radius 1 is 1.22 bits per heavy atom. The largest absolute Gasteiger partial charge is 0.291 e. The van der Waals surface area contributed by atoms with E-state index in [2.05, 4.69) is 9.97 Å². The second kappa shape index (κ2) is 5.08. The number of aromatic nitrogens is 3. The molecule has 0 atom stereocenters. The summed E-state index contributed by atoms with van der Waals surface area (Å²) in [6.45, 7) is 3.81. The number of pyridine rings is 1. The molecule has 0 unspecified atom stereocenters. The summed E-state index contributed by atoms with van der Waals surface area (Å²) in [6, 6.07) is 4.75. The van der Waals surface area contributed by atoms with Crippen molar-refractivity contribution in [2.75, 3.05) is 0 Å². The average molecular weight is 284 g/mol. The first-order valence-electron chi connectivity index (χ1n) is 5.33. The van der Waals surface area contributed by atoms with Gasteiger partial charge in [0.2, 0.25) is 0 Å². The molecule has 0 amide bonds. The van der Waals surface area contributed by atoms with E-state index >= 15 is 0 Å². The van der Waals surface area contributed by atoms with Gasteiger partial charge in [-0.15, -0.1) is 0 Å². The summed E-state index contributed by atoms with van der Waals surface area (Å²) in [4.78, 5) is 20.2. The maximum absolute atomic E-state index is 11.9. The maximum Gasteiger partial charge on any atom is 0.254 e. The number of rotatable bonds is 2. The topological polar surface area (TPSA) is 47.8 Å². The van der Waals surface area contributed by atoms with Gasteiger partial charge in [-0.1, -0.05) is 23.2 Å². The Bertz CT molecular complexity index is 652. The van der Waals surface area contributed by atoms with E-state index in [-0.39, 0.29) is 12.1 Å². The number of nitrogens with zero attached hydrogens (tertiary/aromatic N) is 3. The van der Waals surface area contributed by atoms with Gasteiger partial charge in [0.05, 0.1) is 17.3 Å². The van der Waals surface area contributed by atoms with E-state index in [9.17, 15) is 4.79 Å². The van der Waals surface area contributed by atoms with Crippen molar-refractivity contribution in [3.8, 4) is 0 Å². The average Bonchev–Trinajstić information content (AvgIpc) is 2.28. The second-order valence-electron chi connectivity index (χ2n) is 3.93. The van der Waals surface area contributed by atoms with Gasteiger partial charge in [0.1, 0.15) is 11.0 Å². The molecule has 0 radical (unpaired) electrons. The molecule has 0 aliphatic carbocycles. The summed E-state index contributed by atoms with van der Waals surface area (Å²) >= 11 is 11.8. The van der Waals surface area contributed by atoms with E-state index < -0.39 is 0 Å². The maximum atomic E-state index is 11.9. The van der Waals surface area contributed by atoms with Crippen LogP contribution in [0.25, 0.3) is 0 Å². The normalized spacial score (nSPS) is 10.7. The number of halogens is 2. The van der Waals surface area contributed by atoms with Gasteiger partial charge in [-0.2, -0.15) is 0 Å². The van der Waals surface area contributed by atoms with E-state index in [4.69, 9.17) is 23.2 Å². The number of hydrogen-bond donors (Lipinski definition) is 0. The van der Waals surface area contributed by atoms with Gasteiger partial charge in [-0.3, -0.25) is 9.36 Å². The third-order valence-corrected chi connectivity index (χ3v) is 3.07. The first kappa shape index (κ1) is 13.1. The zero-order valence-electron chi connectivity index (χ0n) is 9.94. The predicted molar refractivity (Wildman–Crippen MR) is 71.3 cm³/mol.